The summed E-state index contributed by atoms with van der Waals surface area (Å²) in [5.41, 5.74) is 10.0. The smallest absolute Gasteiger partial charge is 0.156 e. The standard InChI is InChI=1S/C21H24N6O/c1-14(20-25-17-6-4-5-7-18(17)26-20)24-19(12-23-13-22)15-8-10-16(11-9-15)21(28)27(2)3/h4-12,21,28H,1,13,22H2,2-3H3,(H,25,26). The lowest BCUT2D eigenvalue weighted by atomic mass is 10.1. The molecule has 7 nitrogen and oxygen atoms in total. The Morgan fingerprint density at radius 3 is 2.61 bits per heavy atom. The van der Waals surface area contributed by atoms with Crippen LogP contribution >= 0.6 is 0 Å². The monoisotopic (exact) mass is 376 g/mol. The molecule has 1 atom stereocenters. The van der Waals surface area contributed by atoms with Gasteiger partial charge in [-0.05, 0) is 31.8 Å². The van der Waals surface area contributed by atoms with Gasteiger partial charge in [0.15, 0.2) is 5.82 Å². The second-order valence-corrected chi connectivity index (χ2v) is 6.50. The average Bonchev–Trinajstić information content (AvgIpc) is 3.15. The topological polar surface area (TPSA) is 103 Å². The molecule has 0 saturated carbocycles. The van der Waals surface area contributed by atoms with Gasteiger partial charge < -0.3 is 15.8 Å². The highest BCUT2D eigenvalue weighted by molar-refractivity contribution is 6.39. The average molecular weight is 376 g/mol. The van der Waals surface area contributed by atoms with Crippen LogP contribution in [0.15, 0.2) is 65.1 Å². The molecule has 0 saturated heterocycles. The number of aromatic amines is 1. The Morgan fingerprint density at radius 1 is 1.25 bits per heavy atom. The van der Waals surface area contributed by atoms with E-state index in [1.807, 2.05) is 62.6 Å². The van der Waals surface area contributed by atoms with E-state index in [9.17, 15) is 5.11 Å². The van der Waals surface area contributed by atoms with Crippen LogP contribution < -0.4 is 5.73 Å². The summed E-state index contributed by atoms with van der Waals surface area (Å²) in [7, 11) is 3.63. The van der Waals surface area contributed by atoms with Gasteiger partial charge in [0.2, 0.25) is 0 Å². The summed E-state index contributed by atoms with van der Waals surface area (Å²) in [5, 5.41) is 10.2. The number of H-pyrrole nitrogens is 1. The van der Waals surface area contributed by atoms with Crippen LogP contribution in [0, 0.1) is 0 Å². The van der Waals surface area contributed by atoms with E-state index in [2.05, 4.69) is 26.5 Å². The molecule has 0 amide bonds. The number of imidazole rings is 1. The molecule has 1 unspecified atom stereocenters. The molecule has 0 aliphatic rings. The molecule has 0 bridgehead atoms. The zero-order chi connectivity index (χ0) is 20.1. The van der Waals surface area contributed by atoms with Gasteiger partial charge in [-0.2, -0.15) is 0 Å². The van der Waals surface area contributed by atoms with E-state index in [0.717, 1.165) is 22.2 Å². The van der Waals surface area contributed by atoms with Gasteiger partial charge in [0, 0.05) is 11.8 Å². The Bertz CT molecular complexity index is 984. The number of aromatic nitrogens is 2. The second-order valence-electron chi connectivity index (χ2n) is 6.50. The number of hydrogen-bond donors (Lipinski definition) is 3. The molecule has 0 aliphatic heterocycles. The number of aliphatic imine (C=N–C) groups is 2. The molecule has 7 heteroatoms. The van der Waals surface area contributed by atoms with E-state index < -0.39 is 6.23 Å². The minimum Gasteiger partial charge on any atom is -0.374 e. The number of rotatable bonds is 7. The molecule has 2 aromatic carbocycles. The lowest BCUT2D eigenvalue weighted by Gasteiger charge is -2.18. The first-order valence-corrected chi connectivity index (χ1v) is 8.87. The number of nitrogens with one attached hydrogen (secondary N) is 1. The van der Waals surface area contributed by atoms with Crippen molar-refractivity contribution in [1.82, 2.24) is 14.9 Å². The maximum Gasteiger partial charge on any atom is 0.156 e. The first-order valence-electron chi connectivity index (χ1n) is 8.87. The van der Waals surface area contributed by atoms with Crippen molar-refractivity contribution in [2.24, 2.45) is 15.7 Å². The Labute approximate surface area is 164 Å². The maximum atomic E-state index is 10.2. The second kappa shape index (κ2) is 8.71. The molecule has 3 aromatic rings. The van der Waals surface area contributed by atoms with Gasteiger partial charge in [0.1, 0.15) is 6.23 Å². The normalized spacial score (nSPS) is 13.5. The van der Waals surface area contributed by atoms with E-state index >= 15 is 0 Å². The molecule has 1 aromatic heterocycles. The fourth-order valence-corrected chi connectivity index (χ4v) is 2.72. The first-order chi connectivity index (χ1) is 13.5. The Kier molecular flexibility index (Phi) is 6.10. The van der Waals surface area contributed by atoms with Crippen LogP contribution in [0.25, 0.3) is 16.7 Å². The predicted octanol–water partition coefficient (Wildman–Crippen LogP) is 2.56. The Balaban J connectivity index is 1.92. The van der Waals surface area contributed by atoms with E-state index in [-0.39, 0.29) is 6.67 Å². The van der Waals surface area contributed by atoms with Crippen LogP contribution in [0.4, 0.5) is 0 Å². The van der Waals surface area contributed by atoms with Gasteiger partial charge in [-0.25, -0.2) is 9.98 Å². The molecule has 1 heterocycles. The van der Waals surface area contributed by atoms with Crippen molar-refractivity contribution < 1.29 is 5.11 Å². The van der Waals surface area contributed by atoms with Gasteiger partial charge in [-0.3, -0.25) is 9.89 Å². The molecule has 0 aliphatic carbocycles. The van der Waals surface area contributed by atoms with Crippen LogP contribution in [0.5, 0.6) is 0 Å². The highest BCUT2D eigenvalue weighted by Crippen LogP contribution is 2.19. The molecule has 4 N–H and O–H groups in total. The summed E-state index contributed by atoms with van der Waals surface area (Å²) in [6.45, 7) is 4.20. The molecule has 144 valence electrons. The third-order valence-electron chi connectivity index (χ3n) is 4.23. The maximum absolute atomic E-state index is 10.2. The van der Waals surface area contributed by atoms with E-state index in [1.165, 1.54) is 0 Å². The van der Waals surface area contributed by atoms with Gasteiger partial charge in [0.05, 0.1) is 29.1 Å². The lowest BCUT2D eigenvalue weighted by molar-refractivity contribution is 0.0395. The molecular formula is C21H24N6O. The lowest BCUT2D eigenvalue weighted by Crippen LogP contribution is -2.19. The summed E-state index contributed by atoms with van der Waals surface area (Å²) in [4.78, 5) is 18.2. The largest absolute Gasteiger partial charge is 0.374 e. The Morgan fingerprint density at radius 2 is 1.96 bits per heavy atom. The summed E-state index contributed by atoms with van der Waals surface area (Å²) < 4.78 is 0. The van der Waals surface area contributed by atoms with E-state index in [4.69, 9.17) is 5.73 Å². The van der Waals surface area contributed by atoms with Crippen LogP contribution in [-0.2, 0) is 0 Å². The number of nitrogens with two attached hydrogens (primary N) is 1. The van der Waals surface area contributed by atoms with Crippen molar-refractivity contribution in [3.8, 4) is 0 Å². The van der Waals surface area contributed by atoms with Crippen molar-refractivity contribution >= 4 is 28.7 Å². The summed E-state index contributed by atoms with van der Waals surface area (Å²) in [5.74, 6) is 0.597. The third kappa shape index (κ3) is 4.40. The molecule has 0 fully saturated rings. The molecule has 3 rings (SSSR count). The molecule has 0 radical (unpaired) electrons. The van der Waals surface area contributed by atoms with E-state index in [0.29, 0.717) is 17.2 Å². The quantitative estimate of drug-likeness (QED) is 0.435. The summed E-state index contributed by atoms with van der Waals surface area (Å²) >= 11 is 0. The van der Waals surface area contributed by atoms with Crippen molar-refractivity contribution in [3.05, 3.63) is 72.1 Å². The minimum atomic E-state index is -0.669. The highest BCUT2D eigenvalue weighted by atomic mass is 16.3. The minimum absolute atomic E-state index is 0.160. The molecule has 28 heavy (non-hydrogen) atoms. The zero-order valence-electron chi connectivity index (χ0n) is 16.0. The van der Waals surface area contributed by atoms with Crippen molar-refractivity contribution in [2.45, 2.75) is 6.23 Å². The fraction of sp³-hybridized carbons (Fsp3) is 0.190. The highest BCUT2D eigenvalue weighted by Gasteiger charge is 2.11. The zero-order valence-corrected chi connectivity index (χ0v) is 16.0. The van der Waals surface area contributed by atoms with Crippen LogP contribution in [0.3, 0.4) is 0 Å². The van der Waals surface area contributed by atoms with Gasteiger partial charge in [-0.15, -0.1) is 0 Å². The predicted molar refractivity (Wildman–Crippen MR) is 114 cm³/mol. The number of aliphatic hydroxyl groups is 1. The van der Waals surface area contributed by atoms with Crippen molar-refractivity contribution in [1.29, 1.82) is 0 Å². The van der Waals surface area contributed by atoms with Crippen molar-refractivity contribution in [3.63, 3.8) is 0 Å². The number of benzene rings is 2. The number of nitrogens with zero attached hydrogens (tertiary/aromatic N) is 4. The van der Waals surface area contributed by atoms with Gasteiger partial charge in [0.25, 0.3) is 0 Å². The number of fused-ring (bicyclic) bond motifs is 1. The van der Waals surface area contributed by atoms with Crippen molar-refractivity contribution in [2.75, 3.05) is 20.8 Å². The summed E-state index contributed by atoms with van der Waals surface area (Å²) in [6.07, 6.45) is 0.947. The number of aliphatic hydroxyl groups excluding tert-OH is 1. The van der Waals surface area contributed by atoms with Gasteiger partial charge in [-0.1, -0.05) is 43.0 Å². The third-order valence-corrected chi connectivity index (χ3v) is 4.23. The van der Waals surface area contributed by atoms with Gasteiger partial charge >= 0.3 is 0 Å². The molecule has 0 spiro atoms. The van der Waals surface area contributed by atoms with E-state index in [1.54, 1.807) is 11.1 Å². The van der Waals surface area contributed by atoms with Crippen LogP contribution in [-0.4, -0.2) is 52.7 Å². The molecular weight excluding hydrogens is 352 g/mol. The number of para-hydroxylation sites is 2. The first kappa shape index (κ1) is 19.6. The SMILES string of the molecule is C=C(N=C(C=NCN)c1ccc(C(O)N(C)C)cc1)c1nc2ccccc2[nH]1. The Hall–Kier alpha value is -3.13. The van der Waals surface area contributed by atoms with Crippen LogP contribution in [0.2, 0.25) is 0 Å². The van der Waals surface area contributed by atoms with Crippen LogP contribution in [0.1, 0.15) is 23.2 Å². The summed E-state index contributed by atoms with van der Waals surface area (Å²) in [6, 6.07) is 15.2. The fourth-order valence-electron chi connectivity index (χ4n) is 2.72. The number of hydrogen-bond acceptors (Lipinski definition) is 6.